The molecule has 0 radical (unpaired) electrons. The van der Waals surface area contributed by atoms with E-state index in [9.17, 15) is 17.6 Å². The first kappa shape index (κ1) is 15.6. The fraction of sp³-hybridized carbons (Fsp3) is 0.417. The summed E-state index contributed by atoms with van der Waals surface area (Å²) in [5.41, 5.74) is -0.253. The quantitative estimate of drug-likeness (QED) is 0.773. The van der Waals surface area contributed by atoms with Crippen molar-refractivity contribution in [3.8, 4) is 0 Å². The van der Waals surface area contributed by atoms with Gasteiger partial charge in [0.2, 0.25) is 0 Å². The second-order valence-corrected chi connectivity index (χ2v) is 6.05. The van der Waals surface area contributed by atoms with Crippen molar-refractivity contribution in [2.45, 2.75) is 17.7 Å². The first-order chi connectivity index (χ1) is 8.88. The van der Waals surface area contributed by atoms with E-state index in [4.69, 9.17) is 9.84 Å². The molecule has 1 rings (SSSR count). The van der Waals surface area contributed by atoms with E-state index in [2.05, 4.69) is 0 Å². The molecule has 1 aromatic carbocycles. The van der Waals surface area contributed by atoms with Gasteiger partial charge in [0.05, 0.1) is 11.3 Å². The number of aromatic carboxylic acids is 1. The minimum absolute atomic E-state index is 0.240. The van der Waals surface area contributed by atoms with Crippen molar-refractivity contribution in [2.24, 2.45) is 0 Å². The van der Waals surface area contributed by atoms with Gasteiger partial charge in [0.25, 0.3) is 0 Å². The maximum absolute atomic E-state index is 13.5. The van der Waals surface area contributed by atoms with Gasteiger partial charge in [0, 0.05) is 13.7 Å². The number of carbonyl (C=O) groups is 1. The van der Waals surface area contributed by atoms with Crippen LogP contribution in [0.1, 0.15) is 23.2 Å². The lowest BCUT2D eigenvalue weighted by molar-refractivity contribution is 0.0696. The monoisotopic (exact) mass is 290 g/mol. The van der Waals surface area contributed by atoms with Gasteiger partial charge in [-0.3, -0.25) is 0 Å². The third-order valence-electron chi connectivity index (χ3n) is 2.52. The Labute approximate surface area is 110 Å². The summed E-state index contributed by atoms with van der Waals surface area (Å²) in [6, 6.07) is 2.73. The third-order valence-corrected chi connectivity index (χ3v) is 4.33. The Morgan fingerprint density at radius 3 is 2.63 bits per heavy atom. The van der Waals surface area contributed by atoms with E-state index in [0.29, 0.717) is 19.4 Å². The van der Waals surface area contributed by atoms with Crippen molar-refractivity contribution in [1.82, 2.24) is 0 Å². The van der Waals surface area contributed by atoms with Crippen molar-refractivity contribution < 1.29 is 27.4 Å². The summed E-state index contributed by atoms with van der Waals surface area (Å²) in [5, 5.41) is 8.78. The summed E-state index contributed by atoms with van der Waals surface area (Å²) in [5.74, 6) is -2.47. The number of hydrogen-bond acceptors (Lipinski definition) is 4. The SMILES string of the molecule is COCCCCS(=O)(=O)c1cc(C(=O)O)ccc1F. The molecule has 5 nitrogen and oxygen atoms in total. The van der Waals surface area contributed by atoms with E-state index in [1.54, 1.807) is 0 Å². The number of carboxylic acid groups (broad SMARTS) is 1. The Morgan fingerprint density at radius 1 is 1.37 bits per heavy atom. The molecule has 0 fully saturated rings. The normalized spacial score (nSPS) is 11.5. The summed E-state index contributed by atoms with van der Waals surface area (Å²) in [6.07, 6.45) is 0.864. The Morgan fingerprint density at radius 2 is 2.05 bits per heavy atom. The number of halogens is 1. The highest BCUT2D eigenvalue weighted by Crippen LogP contribution is 2.19. The first-order valence-electron chi connectivity index (χ1n) is 5.63. The van der Waals surface area contributed by atoms with E-state index >= 15 is 0 Å². The number of benzene rings is 1. The molecule has 0 aliphatic carbocycles. The average molecular weight is 290 g/mol. The second kappa shape index (κ2) is 6.63. The van der Waals surface area contributed by atoms with Gasteiger partial charge in [-0.1, -0.05) is 0 Å². The molecule has 1 aromatic rings. The molecule has 0 saturated carbocycles. The summed E-state index contributed by atoms with van der Waals surface area (Å²) in [7, 11) is -2.32. The first-order valence-corrected chi connectivity index (χ1v) is 7.28. The molecule has 106 valence electrons. The molecule has 0 aliphatic heterocycles. The average Bonchev–Trinajstić information content (AvgIpc) is 2.34. The van der Waals surface area contributed by atoms with Crippen LogP contribution in [-0.2, 0) is 14.6 Å². The molecule has 19 heavy (non-hydrogen) atoms. The van der Waals surface area contributed by atoms with Gasteiger partial charge in [-0.2, -0.15) is 0 Å². The second-order valence-electron chi connectivity index (χ2n) is 3.97. The van der Waals surface area contributed by atoms with Crippen molar-refractivity contribution in [2.75, 3.05) is 19.5 Å². The molecule has 0 spiro atoms. The minimum Gasteiger partial charge on any atom is -0.478 e. The predicted octanol–water partition coefficient (Wildman–Crippen LogP) is 1.72. The van der Waals surface area contributed by atoms with Crippen LogP contribution in [0.2, 0.25) is 0 Å². The van der Waals surface area contributed by atoms with Crippen LogP contribution in [0.15, 0.2) is 23.1 Å². The molecule has 0 saturated heterocycles. The van der Waals surface area contributed by atoms with Crippen LogP contribution in [-0.4, -0.2) is 39.0 Å². The molecule has 0 bridgehead atoms. The molecule has 0 aliphatic rings. The number of methoxy groups -OCH3 is 1. The van der Waals surface area contributed by atoms with E-state index < -0.39 is 26.5 Å². The summed E-state index contributed by atoms with van der Waals surface area (Å²) < 4.78 is 42.1. The number of sulfone groups is 1. The lowest BCUT2D eigenvalue weighted by atomic mass is 10.2. The van der Waals surface area contributed by atoms with Gasteiger partial charge in [-0.25, -0.2) is 17.6 Å². The summed E-state index contributed by atoms with van der Waals surface area (Å²) in [4.78, 5) is 10.2. The smallest absolute Gasteiger partial charge is 0.335 e. The summed E-state index contributed by atoms with van der Waals surface area (Å²) in [6.45, 7) is 0.424. The van der Waals surface area contributed by atoms with Crippen LogP contribution in [0.25, 0.3) is 0 Å². The van der Waals surface area contributed by atoms with Gasteiger partial charge in [0.1, 0.15) is 10.7 Å². The number of ether oxygens (including phenoxy) is 1. The third kappa shape index (κ3) is 4.29. The van der Waals surface area contributed by atoms with Gasteiger partial charge in [-0.15, -0.1) is 0 Å². The standard InChI is InChI=1S/C12H15FO5S/c1-18-6-2-3-7-19(16,17)11-8-9(12(14)15)4-5-10(11)13/h4-5,8H,2-3,6-7H2,1H3,(H,14,15). The zero-order valence-corrected chi connectivity index (χ0v) is 11.2. The maximum atomic E-state index is 13.5. The van der Waals surface area contributed by atoms with Crippen LogP contribution in [0.5, 0.6) is 0 Å². The molecule has 1 N–H and O–H groups in total. The lowest BCUT2D eigenvalue weighted by Gasteiger charge is -2.06. The fourth-order valence-electron chi connectivity index (χ4n) is 1.52. The van der Waals surface area contributed by atoms with Crippen molar-refractivity contribution in [1.29, 1.82) is 0 Å². The lowest BCUT2D eigenvalue weighted by Crippen LogP contribution is -2.11. The zero-order chi connectivity index (χ0) is 14.5. The van der Waals surface area contributed by atoms with Crippen molar-refractivity contribution in [3.63, 3.8) is 0 Å². The number of unbranched alkanes of at least 4 members (excludes halogenated alkanes) is 1. The largest absolute Gasteiger partial charge is 0.478 e. The van der Waals surface area contributed by atoms with Gasteiger partial charge in [0.15, 0.2) is 9.84 Å². The van der Waals surface area contributed by atoms with Crippen LogP contribution < -0.4 is 0 Å². The number of hydrogen-bond donors (Lipinski definition) is 1. The molecule has 0 atom stereocenters. The molecule has 7 heteroatoms. The summed E-state index contributed by atoms with van der Waals surface area (Å²) >= 11 is 0. The molecular formula is C12H15FO5S. The van der Waals surface area contributed by atoms with Crippen LogP contribution in [0, 0.1) is 5.82 Å². The Bertz CT molecular complexity index is 553. The Balaban J connectivity index is 2.94. The van der Waals surface area contributed by atoms with Crippen LogP contribution in [0.3, 0.4) is 0 Å². The van der Waals surface area contributed by atoms with Gasteiger partial charge < -0.3 is 9.84 Å². The highest BCUT2D eigenvalue weighted by molar-refractivity contribution is 7.91. The Hall–Kier alpha value is -1.47. The molecule has 0 unspecified atom stereocenters. The van der Waals surface area contributed by atoms with Crippen LogP contribution in [0.4, 0.5) is 4.39 Å². The number of carboxylic acids is 1. The molecule has 0 aromatic heterocycles. The number of rotatable bonds is 7. The maximum Gasteiger partial charge on any atom is 0.335 e. The minimum atomic E-state index is -3.82. The zero-order valence-electron chi connectivity index (χ0n) is 10.4. The van der Waals surface area contributed by atoms with Gasteiger partial charge in [-0.05, 0) is 31.0 Å². The van der Waals surface area contributed by atoms with Crippen LogP contribution >= 0.6 is 0 Å². The Kier molecular flexibility index (Phi) is 5.44. The van der Waals surface area contributed by atoms with E-state index in [1.165, 1.54) is 7.11 Å². The molecule has 0 amide bonds. The molecular weight excluding hydrogens is 275 g/mol. The molecule has 0 heterocycles. The van der Waals surface area contributed by atoms with Crippen molar-refractivity contribution in [3.05, 3.63) is 29.6 Å². The topological polar surface area (TPSA) is 80.7 Å². The van der Waals surface area contributed by atoms with E-state index in [-0.39, 0.29) is 11.3 Å². The van der Waals surface area contributed by atoms with Gasteiger partial charge >= 0.3 is 5.97 Å². The highest BCUT2D eigenvalue weighted by Gasteiger charge is 2.20. The predicted molar refractivity (Wildman–Crippen MR) is 66.5 cm³/mol. The highest BCUT2D eigenvalue weighted by atomic mass is 32.2. The fourth-order valence-corrected chi connectivity index (χ4v) is 3.00. The van der Waals surface area contributed by atoms with E-state index in [1.807, 2.05) is 0 Å². The van der Waals surface area contributed by atoms with E-state index in [0.717, 1.165) is 18.2 Å². The van der Waals surface area contributed by atoms with Crippen molar-refractivity contribution >= 4 is 15.8 Å².